The predicted octanol–water partition coefficient (Wildman–Crippen LogP) is 4.61. The van der Waals surface area contributed by atoms with Crippen LogP contribution in [0.15, 0.2) is 50.8 Å². The van der Waals surface area contributed by atoms with Crippen molar-refractivity contribution in [2.75, 3.05) is 0 Å². The largest absolute Gasteiger partial charge is 0.501 e. The number of nitrogens with one attached hydrogen (secondary N) is 1. The fraction of sp³-hybridized carbons (Fsp3) is 0. The second-order valence-electron chi connectivity index (χ2n) is 5.06. The van der Waals surface area contributed by atoms with E-state index in [0.717, 1.165) is 11.8 Å². The van der Waals surface area contributed by atoms with Gasteiger partial charge >= 0.3 is 5.69 Å². The van der Waals surface area contributed by atoms with E-state index in [1.807, 2.05) is 0 Å². The number of carbonyl (C=O) groups excluding carboxylic acids is 1. The van der Waals surface area contributed by atoms with Crippen LogP contribution in [-0.2, 0) is 4.79 Å². The highest BCUT2D eigenvalue weighted by Gasteiger charge is 2.25. The van der Waals surface area contributed by atoms with Crippen molar-refractivity contribution >= 4 is 67.8 Å². The van der Waals surface area contributed by atoms with Crippen LogP contribution >= 0.6 is 39.3 Å². The molecule has 0 unspecified atom stereocenters. The quantitative estimate of drug-likeness (QED) is 0.400. The van der Waals surface area contributed by atoms with Crippen LogP contribution in [0.3, 0.4) is 0 Å². The predicted molar refractivity (Wildman–Crippen MR) is 105 cm³/mol. The minimum Gasteiger partial charge on any atom is -0.501 e. The first-order valence-electron chi connectivity index (χ1n) is 7.06. The van der Waals surface area contributed by atoms with Crippen LogP contribution in [0.5, 0.6) is 5.75 Å². The first-order valence-corrected chi connectivity index (χ1v) is 9.05. The molecular formula is C16H9BrClN3O4S. The van der Waals surface area contributed by atoms with E-state index in [4.69, 9.17) is 11.6 Å². The van der Waals surface area contributed by atoms with Gasteiger partial charge in [0, 0.05) is 6.07 Å². The molecule has 3 rings (SSSR count). The number of amidine groups is 1. The SMILES string of the molecule is O=C1NC(=Nc2ccccc2Cl)S/C1=C\c1cc(Br)c(O)c([N+](=O)[O-])c1. The van der Waals surface area contributed by atoms with Crippen molar-refractivity contribution in [3.63, 3.8) is 0 Å². The zero-order chi connectivity index (χ0) is 18.8. The first kappa shape index (κ1) is 18.4. The Bertz CT molecular complexity index is 993. The zero-order valence-electron chi connectivity index (χ0n) is 12.8. The molecule has 0 atom stereocenters. The monoisotopic (exact) mass is 453 g/mol. The Hall–Kier alpha value is -2.36. The van der Waals surface area contributed by atoms with Crippen LogP contribution in [0.4, 0.5) is 11.4 Å². The first-order chi connectivity index (χ1) is 12.3. The summed E-state index contributed by atoms with van der Waals surface area (Å²) in [5.74, 6) is -0.852. The molecule has 26 heavy (non-hydrogen) atoms. The Morgan fingerprint density at radius 2 is 2.08 bits per heavy atom. The molecule has 2 N–H and O–H groups in total. The number of hydrogen-bond acceptors (Lipinski definition) is 6. The summed E-state index contributed by atoms with van der Waals surface area (Å²) in [5.41, 5.74) is 0.443. The molecule has 0 spiro atoms. The Labute approximate surface area is 165 Å². The maximum absolute atomic E-state index is 12.1. The zero-order valence-corrected chi connectivity index (χ0v) is 15.9. The lowest BCUT2D eigenvalue weighted by atomic mass is 10.1. The van der Waals surface area contributed by atoms with Crippen molar-refractivity contribution in [1.82, 2.24) is 5.32 Å². The summed E-state index contributed by atoms with van der Waals surface area (Å²) in [4.78, 5) is 27.0. The molecule has 1 heterocycles. The Morgan fingerprint density at radius 3 is 2.77 bits per heavy atom. The van der Waals surface area contributed by atoms with Gasteiger partial charge in [0.15, 0.2) is 5.17 Å². The number of benzene rings is 2. The lowest BCUT2D eigenvalue weighted by Crippen LogP contribution is -2.19. The maximum atomic E-state index is 12.1. The molecule has 0 aliphatic carbocycles. The minimum atomic E-state index is -0.700. The lowest BCUT2D eigenvalue weighted by Gasteiger charge is -2.01. The van der Waals surface area contributed by atoms with Crippen LogP contribution in [0.2, 0.25) is 5.02 Å². The summed E-state index contributed by atoms with van der Waals surface area (Å²) in [5, 5.41) is 24.1. The summed E-state index contributed by atoms with van der Waals surface area (Å²) in [6.07, 6.45) is 1.48. The van der Waals surface area contributed by atoms with Crippen molar-refractivity contribution in [2.45, 2.75) is 0 Å². The maximum Gasteiger partial charge on any atom is 0.312 e. The number of halogens is 2. The van der Waals surface area contributed by atoms with E-state index in [0.29, 0.717) is 26.3 Å². The molecule has 1 saturated heterocycles. The molecule has 2 aromatic rings. The Kier molecular flexibility index (Phi) is 5.30. The number of aliphatic imine (C=N–C) groups is 1. The number of carbonyl (C=O) groups is 1. The topological polar surface area (TPSA) is 105 Å². The Balaban J connectivity index is 1.92. The number of hydrogen-bond donors (Lipinski definition) is 2. The van der Waals surface area contributed by atoms with Crippen LogP contribution in [0.25, 0.3) is 6.08 Å². The molecule has 0 saturated carbocycles. The molecule has 10 heteroatoms. The van der Waals surface area contributed by atoms with E-state index < -0.39 is 16.4 Å². The highest BCUT2D eigenvalue weighted by atomic mass is 79.9. The van der Waals surface area contributed by atoms with Crippen molar-refractivity contribution in [2.24, 2.45) is 4.99 Å². The third-order valence-electron chi connectivity index (χ3n) is 3.29. The molecule has 2 aromatic carbocycles. The molecule has 7 nitrogen and oxygen atoms in total. The summed E-state index contributed by atoms with van der Waals surface area (Å²) in [7, 11) is 0. The van der Waals surface area contributed by atoms with Crippen molar-refractivity contribution < 1.29 is 14.8 Å². The number of phenols is 1. The van der Waals surface area contributed by atoms with E-state index >= 15 is 0 Å². The fourth-order valence-corrected chi connectivity index (χ4v) is 3.59. The highest BCUT2D eigenvalue weighted by Crippen LogP contribution is 2.37. The van der Waals surface area contributed by atoms with Gasteiger partial charge in [0.25, 0.3) is 5.91 Å². The molecule has 0 radical (unpaired) electrons. The molecule has 0 bridgehead atoms. The second-order valence-corrected chi connectivity index (χ2v) is 7.35. The number of thioether (sulfide) groups is 1. The number of nitrogens with zero attached hydrogens (tertiary/aromatic N) is 2. The van der Waals surface area contributed by atoms with Crippen molar-refractivity contribution in [3.05, 3.63) is 66.5 Å². The molecule has 1 aliphatic heterocycles. The van der Waals surface area contributed by atoms with Gasteiger partial charge in [0.1, 0.15) is 0 Å². The number of para-hydroxylation sites is 1. The average Bonchev–Trinajstić information content (AvgIpc) is 2.92. The highest BCUT2D eigenvalue weighted by molar-refractivity contribution is 9.10. The number of nitro groups is 1. The van der Waals surface area contributed by atoms with Gasteiger partial charge in [0.2, 0.25) is 5.75 Å². The summed E-state index contributed by atoms with van der Waals surface area (Å²) < 4.78 is 0.159. The smallest absolute Gasteiger partial charge is 0.312 e. The standard InChI is InChI=1S/C16H9BrClN3O4S/c17-9-5-8(6-12(14(9)22)21(24)25)7-13-15(23)20-16(26-13)19-11-4-2-1-3-10(11)18/h1-7,22H,(H,19,20,23)/b13-7-. The molecule has 0 aromatic heterocycles. The van der Waals surface area contributed by atoms with Crippen LogP contribution in [0, 0.1) is 10.1 Å². The van der Waals surface area contributed by atoms with Gasteiger partial charge in [0.05, 0.1) is 25.0 Å². The average molecular weight is 455 g/mol. The van der Waals surface area contributed by atoms with Crippen molar-refractivity contribution in [3.8, 4) is 5.75 Å². The van der Waals surface area contributed by atoms with E-state index in [1.54, 1.807) is 24.3 Å². The molecule has 1 fully saturated rings. The van der Waals surface area contributed by atoms with Crippen LogP contribution < -0.4 is 5.32 Å². The number of phenolic OH excluding ortho intramolecular Hbond substituents is 1. The molecule has 132 valence electrons. The number of aromatic hydroxyl groups is 1. The Morgan fingerprint density at radius 1 is 1.35 bits per heavy atom. The third kappa shape index (κ3) is 3.90. The summed E-state index contributed by atoms with van der Waals surface area (Å²) in [6, 6.07) is 9.61. The van der Waals surface area contributed by atoms with Crippen molar-refractivity contribution in [1.29, 1.82) is 0 Å². The normalized spacial score (nSPS) is 16.9. The van der Waals surface area contributed by atoms with Gasteiger partial charge in [-0.25, -0.2) is 4.99 Å². The lowest BCUT2D eigenvalue weighted by molar-refractivity contribution is -0.386. The molecule has 1 aliphatic rings. The molecular weight excluding hydrogens is 446 g/mol. The van der Waals surface area contributed by atoms with Gasteiger partial charge in [-0.1, -0.05) is 23.7 Å². The van der Waals surface area contributed by atoms with Gasteiger partial charge in [-0.05, 0) is 57.5 Å². The number of nitro benzene ring substituents is 1. The molecule has 1 amide bonds. The van der Waals surface area contributed by atoms with E-state index in [1.165, 1.54) is 18.2 Å². The fourth-order valence-electron chi connectivity index (χ4n) is 2.11. The van der Waals surface area contributed by atoms with Gasteiger partial charge in [-0.3, -0.25) is 14.9 Å². The van der Waals surface area contributed by atoms with E-state index in [-0.39, 0.29) is 10.4 Å². The second kappa shape index (κ2) is 7.48. The number of rotatable bonds is 3. The summed E-state index contributed by atoms with van der Waals surface area (Å²) >= 11 is 10.2. The van der Waals surface area contributed by atoms with Gasteiger partial charge in [-0.2, -0.15) is 0 Å². The minimum absolute atomic E-state index is 0.159. The third-order valence-corrected chi connectivity index (χ3v) is 5.12. The number of amides is 1. The van der Waals surface area contributed by atoms with Crippen LogP contribution in [0.1, 0.15) is 5.56 Å². The van der Waals surface area contributed by atoms with E-state index in [9.17, 15) is 20.0 Å². The van der Waals surface area contributed by atoms with Gasteiger partial charge < -0.3 is 10.4 Å². The summed E-state index contributed by atoms with van der Waals surface area (Å²) in [6.45, 7) is 0. The van der Waals surface area contributed by atoms with E-state index in [2.05, 4.69) is 26.2 Å². The van der Waals surface area contributed by atoms with Crippen LogP contribution in [-0.4, -0.2) is 21.1 Å². The van der Waals surface area contributed by atoms with Gasteiger partial charge in [-0.15, -0.1) is 0 Å².